The van der Waals surface area contributed by atoms with Crippen molar-refractivity contribution in [1.82, 2.24) is 4.90 Å². The van der Waals surface area contributed by atoms with Crippen LogP contribution in [0.2, 0.25) is 0 Å². The molecule has 0 spiro atoms. The molecular weight excluding hydrogens is 273 g/mol. The van der Waals surface area contributed by atoms with Crippen LogP contribution in [0.4, 0.5) is 4.39 Å². The number of thioether (sulfide) groups is 1. The number of hydrogen-bond acceptors (Lipinski definition) is 4. The Bertz CT molecular complexity index is 346. The first-order chi connectivity index (χ1) is 8.56. The lowest BCUT2D eigenvalue weighted by atomic mass is 10.2. The van der Waals surface area contributed by atoms with Crippen molar-refractivity contribution in [1.29, 1.82) is 0 Å². The normalized spacial score (nSPS) is 26.1. The first-order valence-corrected chi connectivity index (χ1v) is 7.34. The highest BCUT2D eigenvalue weighted by Gasteiger charge is 2.34. The van der Waals surface area contributed by atoms with Crippen LogP contribution in [0.15, 0.2) is 28.6 Å². The van der Waals surface area contributed by atoms with E-state index < -0.39 is 0 Å². The van der Waals surface area contributed by atoms with Gasteiger partial charge in [-0.1, -0.05) is 31.5 Å². The Balaban J connectivity index is 2.54. The van der Waals surface area contributed by atoms with E-state index in [1.165, 1.54) is 24.1 Å². The Morgan fingerprint density at radius 3 is 3.06 bits per heavy atom. The second-order valence-corrected chi connectivity index (χ2v) is 5.61. The van der Waals surface area contributed by atoms with E-state index in [4.69, 9.17) is 17.3 Å². The van der Waals surface area contributed by atoms with E-state index in [1.54, 1.807) is 0 Å². The molecule has 0 radical (unpaired) electrons. The molecule has 18 heavy (non-hydrogen) atoms. The molecule has 2 atom stereocenters. The zero-order chi connectivity index (χ0) is 13.5. The fraction of sp³-hybridized carbons (Fsp3) is 0.583. The van der Waals surface area contributed by atoms with Crippen molar-refractivity contribution in [2.24, 2.45) is 10.7 Å². The molecule has 1 aliphatic rings. The van der Waals surface area contributed by atoms with Gasteiger partial charge in [-0.25, -0.2) is 9.38 Å². The summed E-state index contributed by atoms with van der Waals surface area (Å²) in [7, 11) is 0. The SMILES string of the molecule is C=C(Cl)/N=C\C=C(/F)C1SCN(CCCC)C1N. The molecule has 1 rings (SSSR count). The van der Waals surface area contributed by atoms with Gasteiger partial charge >= 0.3 is 0 Å². The molecule has 1 heterocycles. The van der Waals surface area contributed by atoms with Gasteiger partial charge in [0.1, 0.15) is 11.0 Å². The Morgan fingerprint density at radius 1 is 1.72 bits per heavy atom. The highest BCUT2D eigenvalue weighted by atomic mass is 35.5. The number of rotatable bonds is 6. The summed E-state index contributed by atoms with van der Waals surface area (Å²) in [4.78, 5) is 5.80. The fourth-order valence-electron chi connectivity index (χ4n) is 1.65. The number of unbranched alkanes of at least 4 members (excludes halogenated alkanes) is 1. The average molecular weight is 292 g/mol. The maximum absolute atomic E-state index is 13.9. The Labute approximate surface area is 117 Å². The topological polar surface area (TPSA) is 41.6 Å². The van der Waals surface area contributed by atoms with Crippen molar-refractivity contribution < 1.29 is 4.39 Å². The maximum atomic E-state index is 13.9. The van der Waals surface area contributed by atoms with Gasteiger partial charge in [0.15, 0.2) is 0 Å². The van der Waals surface area contributed by atoms with Crippen molar-refractivity contribution in [2.45, 2.75) is 31.2 Å². The highest BCUT2D eigenvalue weighted by Crippen LogP contribution is 2.32. The van der Waals surface area contributed by atoms with Crippen molar-refractivity contribution >= 4 is 29.6 Å². The van der Waals surface area contributed by atoms with Gasteiger partial charge < -0.3 is 5.73 Å². The van der Waals surface area contributed by atoms with Crippen LogP contribution in [0, 0.1) is 0 Å². The Morgan fingerprint density at radius 2 is 2.44 bits per heavy atom. The third-order valence-electron chi connectivity index (χ3n) is 2.67. The molecule has 1 aliphatic heterocycles. The highest BCUT2D eigenvalue weighted by molar-refractivity contribution is 8.00. The number of nitrogens with two attached hydrogens (primary N) is 1. The molecule has 6 heteroatoms. The minimum absolute atomic E-state index is 0.131. The van der Waals surface area contributed by atoms with E-state index in [-0.39, 0.29) is 22.4 Å². The molecule has 1 fully saturated rings. The molecule has 0 saturated carbocycles. The van der Waals surface area contributed by atoms with Gasteiger partial charge in [0.05, 0.1) is 11.4 Å². The van der Waals surface area contributed by atoms with Crippen LogP contribution in [0.25, 0.3) is 0 Å². The quantitative estimate of drug-likeness (QED) is 0.604. The Hall–Kier alpha value is -0.360. The molecule has 0 aromatic heterocycles. The molecular formula is C12H19ClFN3S. The van der Waals surface area contributed by atoms with E-state index in [1.807, 2.05) is 0 Å². The van der Waals surface area contributed by atoms with E-state index >= 15 is 0 Å². The molecule has 1 saturated heterocycles. The van der Waals surface area contributed by atoms with Crippen molar-refractivity contribution in [3.05, 3.63) is 23.6 Å². The monoisotopic (exact) mass is 291 g/mol. The number of halogens is 2. The lowest BCUT2D eigenvalue weighted by Gasteiger charge is -2.22. The number of hydrogen-bond donors (Lipinski definition) is 1. The standard InChI is InChI=1S/C12H19ClFN3S/c1-3-4-7-17-8-18-11(12(17)15)10(14)5-6-16-9(2)13/h5-6,11-12H,2-4,7-8,15H2,1H3/b10-5-,16-6-. The van der Waals surface area contributed by atoms with Crippen molar-refractivity contribution in [3.8, 4) is 0 Å². The lowest BCUT2D eigenvalue weighted by Crippen LogP contribution is -2.43. The first-order valence-electron chi connectivity index (χ1n) is 5.91. The van der Waals surface area contributed by atoms with Crippen molar-refractivity contribution in [3.63, 3.8) is 0 Å². The molecule has 0 aliphatic carbocycles. The summed E-state index contributed by atoms with van der Waals surface area (Å²) in [5.41, 5.74) is 6.03. The predicted molar refractivity (Wildman–Crippen MR) is 78.5 cm³/mol. The summed E-state index contributed by atoms with van der Waals surface area (Å²) >= 11 is 6.96. The zero-order valence-corrected chi connectivity index (χ0v) is 12.1. The summed E-state index contributed by atoms with van der Waals surface area (Å²) in [5.74, 6) is 0.500. The van der Waals surface area contributed by atoms with Crippen molar-refractivity contribution in [2.75, 3.05) is 12.4 Å². The molecule has 2 unspecified atom stereocenters. The minimum Gasteiger partial charge on any atom is -0.314 e. The third kappa shape index (κ3) is 4.72. The van der Waals surface area contributed by atoms with Crippen LogP contribution in [-0.4, -0.2) is 35.0 Å². The van der Waals surface area contributed by atoms with Crippen LogP contribution in [0.1, 0.15) is 19.8 Å². The average Bonchev–Trinajstić information content (AvgIpc) is 2.67. The summed E-state index contributed by atoms with van der Waals surface area (Å²) in [6.45, 7) is 6.43. The zero-order valence-electron chi connectivity index (χ0n) is 10.5. The largest absolute Gasteiger partial charge is 0.314 e. The summed E-state index contributed by atoms with van der Waals surface area (Å²) in [6, 6.07) is 0. The van der Waals surface area contributed by atoms with E-state index in [2.05, 4.69) is 23.4 Å². The first kappa shape index (κ1) is 15.7. The second-order valence-electron chi connectivity index (χ2n) is 4.08. The molecule has 0 amide bonds. The number of aliphatic imine (C=N–C) groups is 1. The van der Waals surface area contributed by atoms with E-state index in [9.17, 15) is 4.39 Å². The van der Waals surface area contributed by atoms with Crippen LogP contribution in [0.5, 0.6) is 0 Å². The van der Waals surface area contributed by atoms with Gasteiger partial charge in [-0.2, -0.15) is 0 Å². The molecule has 0 aromatic carbocycles. The fourth-order valence-corrected chi connectivity index (χ4v) is 2.97. The summed E-state index contributed by atoms with van der Waals surface area (Å²) in [6.07, 6.45) is 4.54. The van der Waals surface area contributed by atoms with Gasteiger partial charge in [0.25, 0.3) is 0 Å². The van der Waals surface area contributed by atoms with Crippen LogP contribution < -0.4 is 5.73 Å². The van der Waals surface area contributed by atoms with E-state index in [0.717, 1.165) is 25.3 Å². The number of nitrogens with zero attached hydrogens (tertiary/aromatic N) is 2. The van der Waals surface area contributed by atoms with Crippen LogP contribution in [-0.2, 0) is 0 Å². The molecule has 2 N–H and O–H groups in total. The summed E-state index contributed by atoms with van der Waals surface area (Å²) < 4.78 is 13.9. The van der Waals surface area contributed by atoms with E-state index in [0.29, 0.717) is 0 Å². The molecule has 0 bridgehead atoms. The molecule has 3 nitrogen and oxygen atoms in total. The molecule has 102 valence electrons. The van der Waals surface area contributed by atoms with Crippen LogP contribution >= 0.6 is 23.4 Å². The Kier molecular flexibility index (Phi) is 6.92. The van der Waals surface area contributed by atoms with Gasteiger partial charge in [-0.15, -0.1) is 11.8 Å². The lowest BCUT2D eigenvalue weighted by molar-refractivity contribution is 0.246. The third-order valence-corrected chi connectivity index (χ3v) is 4.11. The van der Waals surface area contributed by atoms with Crippen LogP contribution in [0.3, 0.4) is 0 Å². The number of allylic oxidation sites excluding steroid dienone is 1. The maximum Gasteiger partial charge on any atom is 0.121 e. The van der Waals surface area contributed by atoms with Gasteiger partial charge in [0.2, 0.25) is 0 Å². The minimum atomic E-state index is -0.322. The second kappa shape index (κ2) is 7.94. The van der Waals surface area contributed by atoms with Gasteiger partial charge in [-0.05, 0) is 12.5 Å². The predicted octanol–water partition coefficient (Wildman–Crippen LogP) is 3.08. The molecule has 0 aromatic rings. The smallest absolute Gasteiger partial charge is 0.121 e. The summed E-state index contributed by atoms with van der Waals surface area (Å²) in [5, 5.41) is -0.191. The van der Waals surface area contributed by atoms with Gasteiger partial charge in [0, 0.05) is 18.6 Å². The van der Waals surface area contributed by atoms with Gasteiger partial charge in [-0.3, -0.25) is 4.90 Å².